The van der Waals surface area contributed by atoms with Crippen molar-refractivity contribution in [1.82, 2.24) is 0 Å². The van der Waals surface area contributed by atoms with Crippen molar-refractivity contribution >= 4 is 28.1 Å². The summed E-state index contributed by atoms with van der Waals surface area (Å²) in [5.74, 6) is -0.318. The second-order valence-electron chi connectivity index (χ2n) is 5.82. The number of hydrogen-bond donors (Lipinski definition) is 3. The number of amides is 1. The monoisotopic (exact) mass is 343 g/mol. The van der Waals surface area contributed by atoms with Gasteiger partial charge in [0.2, 0.25) is 0 Å². The van der Waals surface area contributed by atoms with E-state index in [-0.39, 0.29) is 11.3 Å². The van der Waals surface area contributed by atoms with Gasteiger partial charge in [-0.2, -0.15) is 5.26 Å². The topological polar surface area (TPSA) is 85.2 Å². The van der Waals surface area contributed by atoms with Gasteiger partial charge in [0.05, 0.1) is 0 Å². The Labute approximate surface area is 151 Å². The van der Waals surface area contributed by atoms with Gasteiger partial charge in [-0.3, -0.25) is 4.79 Å². The zero-order valence-corrected chi connectivity index (χ0v) is 14.2. The minimum absolute atomic E-state index is 0.0522. The summed E-state index contributed by atoms with van der Waals surface area (Å²) in [5.41, 5.74) is 2.28. The molecule has 1 amide bonds. The molecule has 0 heterocycles. The largest absolute Gasteiger partial charge is 0.507 e. The second-order valence-corrected chi connectivity index (χ2v) is 5.82. The van der Waals surface area contributed by atoms with Crippen LogP contribution in [0.5, 0.6) is 5.75 Å². The summed E-state index contributed by atoms with van der Waals surface area (Å²) < 4.78 is 0. The summed E-state index contributed by atoms with van der Waals surface area (Å²) in [7, 11) is 0. The van der Waals surface area contributed by atoms with Crippen LogP contribution in [-0.4, -0.2) is 11.0 Å². The first kappa shape index (κ1) is 17.1. The molecule has 0 aliphatic rings. The zero-order chi connectivity index (χ0) is 18.5. The molecule has 0 aliphatic heterocycles. The molecule has 0 radical (unpaired) electrons. The van der Waals surface area contributed by atoms with Crippen LogP contribution in [0.1, 0.15) is 5.56 Å². The molecule has 3 aromatic carbocycles. The number of rotatable bonds is 4. The van der Waals surface area contributed by atoms with E-state index >= 15 is 0 Å². The summed E-state index contributed by atoms with van der Waals surface area (Å²) in [6.07, 6.45) is 1.37. The molecule has 0 saturated heterocycles. The number of nitrogens with one attached hydrogen (secondary N) is 2. The predicted molar refractivity (Wildman–Crippen MR) is 103 cm³/mol. The number of carbonyl (C=O) groups is 1. The molecular formula is C21H17N3O2. The van der Waals surface area contributed by atoms with Gasteiger partial charge in [-0.25, -0.2) is 0 Å². The van der Waals surface area contributed by atoms with Crippen LogP contribution >= 0.6 is 0 Å². The highest BCUT2D eigenvalue weighted by atomic mass is 16.3. The molecule has 5 heteroatoms. The smallest absolute Gasteiger partial charge is 0.267 e. The Bertz CT molecular complexity index is 1050. The number of benzene rings is 3. The first-order valence-corrected chi connectivity index (χ1v) is 8.04. The lowest BCUT2D eigenvalue weighted by molar-refractivity contribution is -0.112. The molecule has 0 atom stereocenters. The Balaban J connectivity index is 1.83. The Morgan fingerprint density at radius 2 is 1.81 bits per heavy atom. The normalized spacial score (nSPS) is 11.0. The van der Waals surface area contributed by atoms with Gasteiger partial charge in [0.25, 0.3) is 5.91 Å². The van der Waals surface area contributed by atoms with E-state index in [1.54, 1.807) is 30.3 Å². The van der Waals surface area contributed by atoms with Crippen molar-refractivity contribution in [3.8, 4) is 11.8 Å². The number of fused-ring (bicyclic) bond motifs is 1. The third-order valence-electron chi connectivity index (χ3n) is 3.91. The van der Waals surface area contributed by atoms with Gasteiger partial charge in [-0.05, 0) is 36.8 Å². The average molecular weight is 343 g/mol. The van der Waals surface area contributed by atoms with Gasteiger partial charge in [0, 0.05) is 28.3 Å². The molecular weight excluding hydrogens is 326 g/mol. The van der Waals surface area contributed by atoms with Crippen LogP contribution < -0.4 is 10.6 Å². The maximum absolute atomic E-state index is 12.3. The van der Waals surface area contributed by atoms with E-state index in [1.165, 1.54) is 6.20 Å². The third-order valence-corrected chi connectivity index (χ3v) is 3.91. The molecule has 0 aromatic heterocycles. The number of phenolic OH excluding ortho intramolecular Hbond substituents is 1. The maximum Gasteiger partial charge on any atom is 0.267 e. The van der Waals surface area contributed by atoms with Crippen LogP contribution in [0.3, 0.4) is 0 Å². The van der Waals surface area contributed by atoms with Crippen LogP contribution in [0.25, 0.3) is 10.8 Å². The first-order chi connectivity index (χ1) is 12.6. The number of aryl methyl sites for hydroxylation is 1. The summed E-state index contributed by atoms with van der Waals surface area (Å²) in [6, 6.07) is 19.9. The average Bonchev–Trinajstić information content (AvgIpc) is 2.63. The molecule has 0 saturated carbocycles. The van der Waals surface area contributed by atoms with Crippen LogP contribution in [0.15, 0.2) is 72.4 Å². The summed E-state index contributed by atoms with van der Waals surface area (Å²) >= 11 is 0. The maximum atomic E-state index is 12.3. The molecule has 3 rings (SSSR count). The third kappa shape index (κ3) is 3.65. The Morgan fingerprint density at radius 1 is 1.08 bits per heavy atom. The number of anilines is 2. The van der Waals surface area contributed by atoms with E-state index in [0.29, 0.717) is 16.8 Å². The second kappa shape index (κ2) is 7.41. The summed E-state index contributed by atoms with van der Waals surface area (Å²) in [4.78, 5) is 12.3. The number of nitriles is 1. The molecule has 26 heavy (non-hydrogen) atoms. The van der Waals surface area contributed by atoms with Gasteiger partial charge in [-0.15, -0.1) is 0 Å². The van der Waals surface area contributed by atoms with Gasteiger partial charge in [-0.1, -0.05) is 36.4 Å². The molecule has 0 spiro atoms. The molecule has 3 aromatic rings. The highest BCUT2D eigenvalue weighted by molar-refractivity contribution is 6.07. The van der Waals surface area contributed by atoms with E-state index in [9.17, 15) is 15.2 Å². The summed E-state index contributed by atoms with van der Waals surface area (Å²) in [6.45, 7) is 1.92. The van der Waals surface area contributed by atoms with E-state index in [2.05, 4.69) is 10.6 Å². The van der Waals surface area contributed by atoms with E-state index in [1.807, 2.05) is 43.3 Å². The fourth-order valence-electron chi connectivity index (χ4n) is 2.64. The molecule has 3 N–H and O–H groups in total. The molecule has 0 bridgehead atoms. The van der Waals surface area contributed by atoms with Crippen molar-refractivity contribution < 1.29 is 9.90 Å². The van der Waals surface area contributed by atoms with E-state index in [0.717, 1.165) is 10.9 Å². The predicted octanol–water partition coefficient (Wildman–Crippen LogP) is 4.31. The van der Waals surface area contributed by atoms with Crippen molar-refractivity contribution in [2.24, 2.45) is 0 Å². The van der Waals surface area contributed by atoms with Crippen molar-refractivity contribution in [3.05, 3.63) is 78.0 Å². The number of carbonyl (C=O) groups excluding carboxylic acids is 1. The number of nitrogens with zero attached hydrogens (tertiary/aromatic N) is 1. The highest BCUT2D eigenvalue weighted by Crippen LogP contribution is 2.29. The lowest BCUT2D eigenvalue weighted by Gasteiger charge is -2.09. The molecule has 0 aliphatic carbocycles. The summed E-state index contributed by atoms with van der Waals surface area (Å²) in [5, 5.41) is 26.4. The van der Waals surface area contributed by atoms with Crippen molar-refractivity contribution in [2.45, 2.75) is 6.92 Å². The fraction of sp³-hybridized carbons (Fsp3) is 0.0476. The Morgan fingerprint density at radius 3 is 2.58 bits per heavy atom. The van der Waals surface area contributed by atoms with Gasteiger partial charge >= 0.3 is 0 Å². The van der Waals surface area contributed by atoms with Crippen LogP contribution in [-0.2, 0) is 4.79 Å². The molecule has 0 fully saturated rings. The number of aromatic hydroxyl groups is 1. The van der Waals surface area contributed by atoms with Crippen LogP contribution in [0.4, 0.5) is 11.4 Å². The van der Waals surface area contributed by atoms with Crippen molar-refractivity contribution in [1.29, 1.82) is 5.26 Å². The van der Waals surface area contributed by atoms with E-state index in [4.69, 9.17) is 0 Å². The Hall–Kier alpha value is -3.78. The number of phenols is 1. The minimum atomic E-state index is -0.492. The van der Waals surface area contributed by atoms with Crippen molar-refractivity contribution in [3.63, 3.8) is 0 Å². The molecule has 0 unspecified atom stereocenters. The fourth-order valence-corrected chi connectivity index (χ4v) is 2.64. The van der Waals surface area contributed by atoms with Crippen LogP contribution in [0.2, 0.25) is 0 Å². The Kier molecular flexibility index (Phi) is 4.86. The standard InChI is InChI=1S/C21H17N3O2/c1-14-5-2-6-16(11-14)24-21(26)15(12-22)13-23-19-9-3-8-18-17(19)7-4-10-20(18)25/h2-11,13,23,25H,1H3,(H,24,26)/b15-13-. The lowest BCUT2D eigenvalue weighted by atomic mass is 10.1. The van der Waals surface area contributed by atoms with Crippen molar-refractivity contribution in [2.75, 3.05) is 10.6 Å². The molecule has 5 nitrogen and oxygen atoms in total. The zero-order valence-electron chi connectivity index (χ0n) is 14.2. The van der Waals surface area contributed by atoms with Gasteiger partial charge in [0.15, 0.2) is 0 Å². The van der Waals surface area contributed by atoms with E-state index < -0.39 is 5.91 Å². The quantitative estimate of drug-likeness (QED) is 0.487. The van der Waals surface area contributed by atoms with Crippen LogP contribution in [0, 0.1) is 18.3 Å². The minimum Gasteiger partial charge on any atom is -0.507 e. The first-order valence-electron chi connectivity index (χ1n) is 8.04. The van der Waals surface area contributed by atoms with Gasteiger partial charge in [0.1, 0.15) is 17.4 Å². The van der Waals surface area contributed by atoms with Gasteiger partial charge < -0.3 is 15.7 Å². The highest BCUT2D eigenvalue weighted by Gasteiger charge is 2.10. The SMILES string of the molecule is Cc1cccc(NC(=O)/C(C#N)=C\Nc2cccc3c(O)cccc23)c1. The number of hydrogen-bond acceptors (Lipinski definition) is 4. The lowest BCUT2D eigenvalue weighted by Crippen LogP contribution is -2.14. The molecule has 128 valence electrons.